The van der Waals surface area contributed by atoms with Crippen LogP contribution in [0.5, 0.6) is 0 Å². The monoisotopic (exact) mass is 435 g/mol. The molecule has 0 spiro atoms. The van der Waals surface area contributed by atoms with Gasteiger partial charge in [-0.05, 0) is 38.7 Å². The van der Waals surface area contributed by atoms with E-state index in [0.29, 0.717) is 12.2 Å². The molecule has 31 heavy (non-hydrogen) atoms. The third-order valence-corrected chi connectivity index (χ3v) is 5.97. The summed E-state index contributed by atoms with van der Waals surface area (Å²) >= 11 is 0. The lowest BCUT2D eigenvalue weighted by molar-refractivity contribution is -0.0876. The lowest BCUT2D eigenvalue weighted by Gasteiger charge is -2.34. The van der Waals surface area contributed by atoms with Crippen molar-refractivity contribution in [2.45, 2.75) is 62.6 Å². The summed E-state index contributed by atoms with van der Waals surface area (Å²) in [5, 5.41) is 18.7. The van der Waals surface area contributed by atoms with E-state index >= 15 is 0 Å². The van der Waals surface area contributed by atoms with Gasteiger partial charge in [0.1, 0.15) is 17.1 Å². The zero-order chi connectivity index (χ0) is 21.8. The van der Waals surface area contributed by atoms with E-state index in [2.05, 4.69) is 25.8 Å². The van der Waals surface area contributed by atoms with Crippen molar-refractivity contribution in [3.8, 4) is 0 Å². The SMILES string of the molecule is CCNC1=C(C(F)(F)F)C=NC(N)(c2cc(C3CC(n4nccn4)C3)nn2C2CC2)N1. The van der Waals surface area contributed by atoms with Crippen molar-refractivity contribution in [2.75, 3.05) is 6.54 Å². The fraction of sp³-hybridized carbons (Fsp3) is 0.579. The molecule has 0 radical (unpaired) electrons. The Labute approximate surface area is 176 Å². The standard InChI is InChI=1S/C19H24F3N9/c1-2-24-17-14(18(20,21)22)10-25-19(23,28-17)16-9-15(29-30(16)12-3-4-12)11-7-13(8-11)31-26-5-6-27-31/h5-6,9-13,24,28H,2-4,7-8,23H2,1H3. The van der Waals surface area contributed by atoms with E-state index in [1.165, 1.54) is 0 Å². The molecule has 2 aliphatic carbocycles. The van der Waals surface area contributed by atoms with E-state index in [9.17, 15) is 13.2 Å². The summed E-state index contributed by atoms with van der Waals surface area (Å²) in [4.78, 5) is 5.80. The molecule has 4 N–H and O–H groups in total. The topological polar surface area (TPSA) is 111 Å². The number of nitrogens with two attached hydrogens (primary N) is 1. The molecule has 3 heterocycles. The zero-order valence-corrected chi connectivity index (χ0v) is 17.0. The first-order valence-corrected chi connectivity index (χ1v) is 10.4. The molecule has 1 unspecified atom stereocenters. The highest BCUT2D eigenvalue weighted by atomic mass is 19.4. The number of aromatic nitrogens is 5. The lowest BCUT2D eigenvalue weighted by atomic mass is 9.78. The van der Waals surface area contributed by atoms with Crippen LogP contribution in [0.4, 0.5) is 13.2 Å². The quantitative estimate of drug-likeness (QED) is 0.641. The van der Waals surface area contributed by atoms with Gasteiger partial charge in [-0.2, -0.15) is 33.3 Å². The average Bonchev–Trinajstić information content (AvgIpc) is 3.19. The van der Waals surface area contributed by atoms with E-state index in [1.54, 1.807) is 24.1 Å². The Bertz CT molecular complexity index is 1010. The normalized spacial score (nSPS) is 28.4. The Morgan fingerprint density at radius 1 is 1.23 bits per heavy atom. The fourth-order valence-corrected chi connectivity index (χ4v) is 4.11. The van der Waals surface area contributed by atoms with E-state index in [-0.39, 0.29) is 23.8 Å². The highest BCUT2D eigenvalue weighted by molar-refractivity contribution is 5.82. The minimum atomic E-state index is -4.54. The Kier molecular flexibility index (Phi) is 4.57. The van der Waals surface area contributed by atoms with Crippen molar-refractivity contribution >= 4 is 6.21 Å². The molecule has 1 aliphatic heterocycles. The van der Waals surface area contributed by atoms with Crippen LogP contribution in [0.3, 0.4) is 0 Å². The minimum Gasteiger partial charge on any atom is -0.372 e. The van der Waals surface area contributed by atoms with Crippen LogP contribution in [0.2, 0.25) is 0 Å². The molecular weight excluding hydrogens is 411 g/mol. The van der Waals surface area contributed by atoms with E-state index < -0.39 is 17.5 Å². The molecule has 0 saturated heterocycles. The number of rotatable bonds is 6. The first kappa shape index (κ1) is 20.0. The Morgan fingerprint density at radius 3 is 2.55 bits per heavy atom. The van der Waals surface area contributed by atoms with Crippen LogP contribution in [0.25, 0.3) is 0 Å². The number of alkyl halides is 3. The summed E-state index contributed by atoms with van der Waals surface area (Å²) in [7, 11) is 0. The largest absolute Gasteiger partial charge is 0.421 e. The van der Waals surface area contributed by atoms with Gasteiger partial charge in [-0.25, -0.2) is 4.99 Å². The first-order chi connectivity index (χ1) is 14.8. The average molecular weight is 435 g/mol. The molecule has 1 atom stereocenters. The summed E-state index contributed by atoms with van der Waals surface area (Å²) in [6.07, 6.45) is 3.20. The summed E-state index contributed by atoms with van der Waals surface area (Å²) in [6.45, 7) is 2.03. The molecular formula is C19H24F3N9. The number of hydrogen-bond acceptors (Lipinski definition) is 7. The summed E-state index contributed by atoms with van der Waals surface area (Å²) < 4.78 is 42.0. The Balaban J connectivity index is 1.42. The van der Waals surface area contributed by atoms with E-state index in [0.717, 1.165) is 37.6 Å². The van der Waals surface area contributed by atoms with Gasteiger partial charge in [0.05, 0.1) is 30.2 Å². The number of aliphatic imine (C=N–C) groups is 1. The van der Waals surface area contributed by atoms with Crippen LogP contribution in [0.15, 0.2) is 34.8 Å². The molecule has 0 amide bonds. The predicted molar refractivity (Wildman–Crippen MR) is 106 cm³/mol. The van der Waals surface area contributed by atoms with Crippen molar-refractivity contribution < 1.29 is 13.2 Å². The van der Waals surface area contributed by atoms with Crippen LogP contribution in [-0.4, -0.2) is 43.7 Å². The van der Waals surface area contributed by atoms with Crippen molar-refractivity contribution in [3.05, 3.63) is 41.2 Å². The van der Waals surface area contributed by atoms with Gasteiger partial charge >= 0.3 is 6.18 Å². The fourth-order valence-electron chi connectivity index (χ4n) is 4.11. The minimum absolute atomic E-state index is 0.175. The molecule has 9 nitrogen and oxygen atoms in total. The molecule has 2 aromatic rings. The van der Waals surface area contributed by atoms with Gasteiger partial charge in [0.2, 0.25) is 5.79 Å². The van der Waals surface area contributed by atoms with Gasteiger partial charge in [-0.3, -0.25) is 10.4 Å². The number of allylic oxidation sites excluding steroid dienone is 1. The van der Waals surface area contributed by atoms with Gasteiger partial charge in [0.25, 0.3) is 0 Å². The third-order valence-electron chi connectivity index (χ3n) is 5.97. The summed E-state index contributed by atoms with van der Waals surface area (Å²) in [5.74, 6) is -1.49. The summed E-state index contributed by atoms with van der Waals surface area (Å²) in [5.41, 5.74) is 7.09. The Morgan fingerprint density at radius 2 is 1.94 bits per heavy atom. The lowest BCUT2D eigenvalue weighted by Crippen LogP contribution is -2.55. The summed E-state index contributed by atoms with van der Waals surface area (Å²) in [6, 6.07) is 2.30. The van der Waals surface area contributed by atoms with Crippen LogP contribution in [0, 0.1) is 0 Å². The molecule has 2 aromatic heterocycles. The second-order valence-corrected chi connectivity index (χ2v) is 8.27. The highest BCUT2D eigenvalue weighted by Gasteiger charge is 2.45. The molecule has 5 rings (SSSR count). The van der Waals surface area contributed by atoms with Gasteiger partial charge in [-0.15, -0.1) is 0 Å². The molecule has 2 fully saturated rings. The first-order valence-electron chi connectivity index (χ1n) is 10.4. The van der Waals surface area contributed by atoms with Gasteiger partial charge in [-0.1, -0.05) is 0 Å². The number of halogens is 3. The predicted octanol–water partition coefficient (Wildman–Crippen LogP) is 2.05. The second-order valence-electron chi connectivity index (χ2n) is 8.27. The van der Waals surface area contributed by atoms with Gasteiger partial charge in [0.15, 0.2) is 0 Å². The maximum absolute atomic E-state index is 13.4. The van der Waals surface area contributed by atoms with Crippen LogP contribution >= 0.6 is 0 Å². The van der Waals surface area contributed by atoms with Gasteiger partial charge < -0.3 is 10.6 Å². The third kappa shape index (κ3) is 3.58. The molecule has 0 aromatic carbocycles. The molecule has 0 bridgehead atoms. The number of nitrogens with one attached hydrogen (secondary N) is 2. The number of nitrogens with zero attached hydrogens (tertiary/aromatic N) is 6. The van der Waals surface area contributed by atoms with Gasteiger partial charge in [0, 0.05) is 18.7 Å². The molecule has 166 valence electrons. The second kappa shape index (κ2) is 7.08. The maximum Gasteiger partial charge on any atom is 0.421 e. The van der Waals surface area contributed by atoms with Crippen molar-refractivity contribution in [1.82, 2.24) is 35.4 Å². The van der Waals surface area contributed by atoms with Crippen LogP contribution < -0.4 is 16.4 Å². The van der Waals surface area contributed by atoms with Crippen molar-refractivity contribution in [3.63, 3.8) is 0 Å². The Hall–Kier alpha value is -2.89. The van der Waals surface area contributed by atoms with Crippen molar-refractivity contribution in [1.29, 1.82) is 0 Å². The molecule has 12 heteroatoms. The smallest absolute Gasteiger partial charge is 0.372 e. The van der Waals surface area contributed by atoms with Crippen LogP contribution in [-0.2, 0) is 5.79 Å². The maximum atomic E-state index is 13.4. The molecule has 2 saturated carbocycles. The number of hydrogen-bond donors (Lipinski definition) is 3. The molecule has 3 aliphatic rings. The van der Waals surface area contributed by atoms with E-state index in [4.69, 9.17) is 10.8 Å². The highest BCUT2D eigenvalue weighted by Crippen LogP contribution is 2.46. The zero-order valence-electron chi connectivity index (χ0n) is 17.0. The van der Waals surface area contributed by atoms with Crippen LogP contribution in [0.1, 0.15) is 62.0 Å². The van der Waals surface area contributed by atoms with Crippen molar-refractivity contribution in [2.24, 2.45) is 10.7 Å². The van der Waals surface area contributed by atoms with E-state index in [1.807, 2.05) is 10.7 Å².